The quantitative estimate of drug-likeness (QED) is 0.933. The van der Waals surface area contributed by atoms with E-state index in [2.05, 4.69) is 4.72 Å². The van der Waals surface area contributed by atoms with Crippen molar-refractivity contribution in [3.63, 3.8) is 0 Å². The maximum absolute atomic E-state index is 13.5. The Bertz CT molecular complexity index is 738. The minimum absolute atomic E-state index is 0.151. The molecule has 0 spiro atoms. The van der Waals surface area contributed by atoms with Crippen LogP contribution in [-0.4, -0.2) is 8.42 Å². The van der Waals surface area contributed by atoms with Gasteiger partial charge in [-0.2, -0.15) is 0 Å². The Kier molecular flexibility index (Phi) is 4.61. The van der Waals surface area contributed by atoms with Gasteiger partial charge in [0.25, 0.3) is 0 Å². The minimum atomic E-state index is -4.31. The highest BCUT2D eigenvalue weighted by atomic mass is 35.5. The van der Waals surface area contributed by atoms with Crippen molar-refractivity contribution < 1.29 is 17.2 Å². The summed E-state index contributed by atoms with van der Waals surface area (Å²) in [4.78, 5) is -0.991. The molecular formula is C14H12ClF2NO2S. The Labute approximate surface area is 126 Å². The van der Waals surface area contributed by atoms with Crippen molar-refractivity contribution in [3.8, 4) is 0 Å². The highest BCUT2D eigenvalue weighted by Crippen LogP contribution is 2.22. The van der Waals surface area contributed by atoms with Crippen molar-refractivity contribution in [2.75, 3.05) is 0 Å². The van der Waals surface area contributed by atoms with Gasteiger partial charge in [0.05, 0.1) is 0 Å². The van der Waals surface area contributed by atoms with Crippen LogP contribution in [0.25, 0.3) is 0 Å². The molecule has 0 atom stereocenters. The van der Waals surface area contributed by atoms with Gasteiger partial charge in [0.15, 0.2) is 4.90 Å². The van der Waals surface area contributed by atoms with Gasteiger partial charge in [0, 0.05) is 11.6 Å². The van der Waals surface area contributed by atoms with E-state index in [1.165, 1.54) is 0 Å². The zero-order valence-corrected chi connectivity index (χ0v) is 12.6. The SMILES string of the molecule is Cc1cccc(Cl)c1CNS(=O)(=O)c1c(F)cccc1F. The van der Waals surface area contributed by atoms with Gasteiger partial charge in [-0.1, -0.05) is 29.8 Å². The third-order valence-electron chi connectivity index (χ3n) is 2.98. The highest BCUT2D eigenvalue weighted by Gasteiger charge is 2.23. The Hall–Kier alpha value is -1.50. The molecule has 0 aliphatic carbocycles. The molecule has 0 unspecified atom stereocenters. The molecule has 0 saturated heterocycles. The third-order valence-corrected chi connectivity index (χ3v) is 4.79. The molecule has 0 aromatic heterocycles. The molecule has 1 N–H and O–H groups in total. The molecule has 0 bridgehead atoms. The van der Waals surface area contributed by atoms with Gasteiger partial charge in [-0.05, 0) is 36.2 Å². The van der Waals surface area contributed by atoms with E-state index in [-0.39, 0.29) is 6.54 Å². The van der Waals surface area contributed by atoms with Crippen LogP contribution >= 0.6 is 11.6 Å². The number of hydrogen-bond donors (Lipinski definition) is 1. The van der Waals surface area contributed by atoms with Crippen molar-refractivity contribution in [2.45, 2.75) is 18.4 Å². The lowest BCUT2D eigenvalue weighted by Gasteiger charge is -2.11. The maximum atomic E-state index is 13.5. The molecule has 21 heavy (non-hydrogen) atoms. The molecule has 2 aromatic rings. The molecule has 2 aromatic carbocycles. The Morgan fingerprint density at radius 3 is 2.24 bits per heavy atom. The van der Waals surface area contributed by atoms with Gasteiger partial charge in [0.2, 0.25) is 10.0 Å². The van der Waals surface area contributed by atoms with Crippen molar-refractivity contribution in [1.82, 2.24) is 4.72 Å². The van der Waals surface area contributed by atoms with Crippen LogP contribution in [-0.2, 0) is 16.6 Å². The summed E-state index contributed by atoms with van der Waals surface area (Å²) in [6.45, 7) is 1.61. The predicted octanol–water partition coefficient (Wildman–Crippen LogP) is 3.41. The first-order valence-corrected chi connectivity index (χ1v) is 7.86. The molecule has 0 heterocycles. The summed E-state index contributed by atoms with van der Waals surface area (Å²) in [5.41, 5.74) is 1.33. The second-order valence-corrected chi connectivity index (χ2v) is 6.52. The normalized spacial score (nSPS) is 11.6. The molecule has 0 aliphatic heterocycles. The zero-order valence-electron chi connectivity index (χ0n) is 11.0. The predicted molar refractivity (Wildman–Crippen MR) is 76.6 cm³/mol. The fraction of sp³-hybridized carbons (Fsp3) is 0.143. The fourth-order valence-electron chi connectivity index (χ4n) is 1.87. The topological polar surface area (TPSA) is 46.2 Å². The van der Waals surface area contributed by atoms with Crippen LogP contribution in [0.15, 0.2) is 41.3 Å². The van der Waals surface area contributed by atoms with Gasteiger partial charge in [-0.25, -0.2) is 21.9 Å². The molecule has 7 heteroatoms. The number of sulfonamides is 1. The van der Waals surface area contributed by atoms with Crippen LogP contribution in [0.5, 0.6) is 0 Å². The number of hydrogen-bond acceptors (Lipinski definition) is 2. The van der Waals surface area contributed by atoms with Crippen molar-refractivity contribution >= 4 is 21.6 Å². The number of nitrogens with one attached hydrogen (secondary N) is 1. The van der Waals surface area contributed by atoms with Gasteiger partial charge in [-0.15, -0.1) is 0 Å². The maximum Gasteiger partial charge on any atom is 0.246 e. The lowest BCUT2D eigenvalue weighted by atomic mass is 10.1. The van der Waals surface area contributed by atoms with E-state index in [0.717, 1.165) is 23.8 Å². The van der Waals surface area contributed by atoms with E-state index >= 15 is 0 Å². The van der Waals surface area contributed by atoms with Crippen molar-refractivity contribution in [3.05, 3.63) is 64.2 Å². The van der Waals surface area contributed by atoms with Crippen LogP contribution < -0.4 is 4.72 Å². The Balaban J connectivity index is 2.31. The first-order valence-electron chi connectivity index (χ1n) is 6.00. The summed E-state index contributed by atoms with van der Waals surface area (Å²) >= 11 is 5.98. The van der Waals surface area contributed by atoms with Gasteiger partial charge < -0.3 is 0 Å². The van der Waals surface area contributed by atoms with E-state index in [1.807, 2.05) is 0 Å². The molecule has 112 valence electrons. The van der Waals surface area contributed by atoms with Crippen LogP contribution in [0, 0.1) is 18.6 Å². The van der Waals surface area contributed by atoms with Crippen LogP contribution in [0.3, 0.4) is 0 Å². The average Bonchev–Trinajstić information content (AvgIpc) is 2.37. The third kappa shape index (κ3) is 3.40. The molecule has 0 fully saturated rings. The van der Waals surface area contributed by atoms with Crippen LogP contribution in [0.1, 0.15) is 11.1 Å². The Morgan fingerprint density at radius 1 is 1.10 bits per heavy atom. The van der Waals surface area contributed by atoms with E-state index < -0.39 is 26.6 Å². The van der Waals surface area contributed by atoms with Crippen LogP contribution in [0.4, 0.5) is 8.78 Å². The second kappa shape index (κ2) is 6.09. The largest absolute Gasteiger partial charge is 0.246 e. The molecule has 2 rings (SSSR count). The highest BCUT2D eigenvalue weighted by molar-refractivity contribution is 7.89. The lowest BCUT2D eigenvalue weighted by molar-refractivity contribution is 0.514. The number of benzene rings is 2. The second-order valence-electron chi connectivity index (χ2n) is 4.41. The molecule has 3 nitrogen and oxygen atoms in total. The van der Waals surface area contributed by atoms with Gasteiger partial charge >= 0.3 is 0 Å². The minimum Gasteiger partial charge on any atom is -0.207 e. The van der Waals surface area contributed by atoms with Crippen LogP contribution in [0.2, 0.25) is 5.02 Å². The summed E-state index contributed by atoms with van der Waals surface area (Å²) in [5.74, 6) is -2.28. The lowest BCUT2D eigenvalue weighted by Crippen LogP contribution is -2.25. The standard InChI is InChI=1S/C14H12ClF2NO2S/c1-9-4-2-5-11(15)10(9)8-18-21(19,20)14-12(16)6-3-7-13(14)17/h2-7,18H,8H2,1H3. The summed E-state index contributed by atoms with van der Waals surface area (Å²) in [6, 6.07) is 7.98. The van der Waals surface area contributed by atoms with Gasteiger partial charge in [0.1, 0.15) is 11.6 Å². The summed E-state index contributed by atoms with van der Waals surface area (Å²) in [7, 11) is -4.31. The first kappa shape index (κ1) is 15.9. The molecule has 0 saturated carbocycles. The Morgan fingerprint density at radius 2 is 1.67 bits per heavy atom. The van der Waals surface area contributed by atoms with Gasteiger partial charge in [-0.3, -0.25) is 0 Å². The number of rotatable bonds is 4. The van der Waals surface area contributed by atoms with Crippen molar-refractivity contribution in [1.29, 1.82) is 0 Å². The van der Waals surface area contributed by atoms with Crippen molar-refractivity contribution in [2.24, 2.45) is 0 Å². The molecular weight excluding hydrogens is 320 g/mol. The summed E-state index contributed by atoms with van der Waals surface area (Å²) < 4.78 is 53.3. The summed E-state index contributed by atoms with van der Waals surface area (Å²) in [6.07, 6.45) is 0. The van der Waals surface area contributed by atoms with E-state index in [1.54, 1.807) is 25.1 Å². The van der Waals surface area contributed by atoms with E-state index in [0.29, 0.717) is 10.6 Å². The smallest absolute Gasteiger partial charge is 0.207 e. The first-order chi connectivity index (χ1) is 9.83. The van der Waals surface area contributed by atoms with E-state index in [4.69, 9.17) is 11.6 Å². The fourth-order valence-corrected chi connectivity index (χ4v) is 3.29. The number of halogens is 3. The zero-order chi connectivity index (χ0) is 15.6. The molecule has 0 amide bonds. The monoisotopic (exact) mass is 331 g/mol. The summed E-state index contributed by atoms with van der Waals surface area (Å²) in [5, 5.41) is 0.381. The van der Waals surface area contributed by atoms with E-state index in [9.17, 15) is 17.2 Å². The average molecular weight is 332 g/mol. The molecule has 0 radical (unpaired) electrons. The number of aryl methyl sites for hydroxylation is 1. The molecule has 0 aliphatic rings.